The first-order chi connectivity index (χ1) is 9.38. The standard InChI is InChI=1S/C17H20N2/c1-2-8-19-9-4-6-13-14-5-3-7-15-17(14)12(11-18-15)10-16(13)19/h2-3,5,7,11,13,16,18H,1,4,6,8-10H2/t13?,16-/m1/s1. The Morgan fingerprint density at radius 1 is 1.42 bits per heavy atom. The molecule has 2 aliphatic rings. The first kappa shape index (κ1) is 11.3. The second-order valence-corrected chi connectivity index (χ2v) is 5.89. The molecule has 1 aromatic heterocycles. The van der Waals surface area contributed by atoms with Gasteiger partial charge in [0, 0.05) is 35.6 Å². The molecule has 1 aromatic carbocycles. The van der Waals surface area contributed by atoms with Gasteiger partial charge in [-0.1, -0.05) is 18.2 Å². The molecule has 1 fully saturated rings. The number of hydrogen-bond donors (Lipinski definition) is 1. The highest BCUT2D eigenvalue weighted by molar-refractivity contribution is 5.88. The molecule has 19 heavy (non-hydrogen) atoms. The predicted octanol–water partition coefficient (Wildman–Crippen LogP) is 3.46. The molecule has 0 radical (unpaired) electrons. The van der Waals surface area contributed by atoms with E-state index in [1.54, 1.807) is 5.56 Å². The van der Waals surface area contributed by atoms with Crippen LogP contribution in [-0.2, 0) is 6.42 Å². The Labute approximate surface area is 114 Å². The van der Waals surface area contributed by atoms with Crippen molar-refractivity contribution in [2.45, 2.75) is 31.2 Å². The van der Waals surface area contributed by atoms with E-state index < -0.39 is 0 Å². The fourth-order valence-electron chi connectivity index (χ4n) is 4.13. The molecule has 2 heteroatoms. The number of fused-ring (bicyclic) bond motifs is 2. The molecule has 0 amide bonds. The van der Waals surface area contributed by atoms with Gasteiger partial charge >= 0.3 is 0 Å². The second kappa shape index (κ2) is 4.24. The maximum absolute atomic E-state index is 3.92. The van der Waals surface area contributed by atoms with Gasteiger partial charge in [0.25, 0.3) is 0 Å². The number of H-pyrrole nitrogens is 1. The maximum atomic E-state index is 3.92. The number of aromatic amines is 1. The highest BCUT2D eigenvalue weighted by Crippen LogP contribution is 2.43. The first-order valence-electron chi connectivity index (χ1n) is 7.32. The normalized spacial score (nSPS) is 26.3. The molecular formula is C17H20N2. The average molecular weight is 252 g/mol. The minimum atomic E-state index is 0.667. The Kier molecular flexibility index (Phi) is 2.52. The first-order valence-corrected chi connectivity index (χ1v) is 7.32. The number of hydrogen-bond acceptors (Lipinski definition) is 1. The van der Waals surface area contributed by atoms with E-state index in [1.165, 1.54) is 42.3 Å². The van der Waals surface area contributed by atoms with Crippen LogP contribution in [-0.4, -0.2) is 29.0 Å². The molecule has 2 heterocycles. The molecule has 1 N–H and O–H groups in total. The average Bonchev–Trinajstić information content (AvgIpc) is 2.85. The lowest BCUT2D eigenvalue weighted by atomic mass is 9.75. The van der Waals surface area contributed by atoms with Gasteiger partial charge in [-0.2, -0.15) is 0 Å². The molecule has 1 unspecified atom stereocenters. The second-order valence-electron chi connectivity index (χ2n) is 5.89. The summed E-state index contributed by atoms with van der Waals surface area (Å²) in [7, 11) is 0. The molecule has 2 aromatic rings. The summed E-state index contributed by atoms with van der Waals surface area (Å²) < 4.78 is 0. The summed E-state index contributed by atoms with van der Waals surface area (Å²) in [6.07, 6.45) is 8.10. The maximum Gasteiger partial charge on any atom is 0.0459 e. The Hall–Kier alpha value is -1.54. The third-order valence-corrected chi connectivity index (χ3v) is 4.91. The molecule has 98 valence electrons. The zero-order chi connectivity index (χ0) is 12.8. The summed E-state index contributed by atoms with van der Waals surface area (Å²) in [4.78, 5) is 6.06. The van der Waals surface area contributed by atoms with Crippen LogP contribution in [0.15, 0.2) is 37.1 Å². The monoisotopic (exact) mass is 252 g/mol. The lowest BCUT2D eigenvalue weighted by molar-refractivity contribution is 0.139. The molecule has 1 aliphatic carbocycles. The van der Waals surface area contributed by atoms with Crippen molar-refractivity contribution in [1.29, 1.82) is 0 Å². The lowest BCUT2D eigenvalue weighted by Gasteiger charge is -2.43. The fourth-order valence-corrected chi connectivity index (χ4v) is 4.13. The molecule has 0 spiro atoms. The van der Waals surface area contributed by atoms with Gasteiger partial charge in [0.05, 0.1) is 0 Å². The van der Waals surface area contributed by atoms with E-state index in [1.807, 2.05) is 0 Å². The largest absolute Gasteiger partial charge is 0.361 e. The molecule has 2 nitrogen and oxygen atoms in total. The van der Waals surface area contributed by atoms with Crippen LogP contribution < -0.4 is 0 Å². The van der Waals surface area contributed by atoms with Gasteiger partial charge in [-0.3, -0.25) is 4.90 Å². The van der Waals surface area contributed by atoms with Crippen molar-refractivity contribution in [3.05, 3.63) is 48.2 Å². The molecule has 1 saturated heterocycles. The Bertz CT molecular complexity index is 625. The van der Waals surface area contributed by atoms with Crippen LogP contribution in [0, 0.1) is 0 Å². The Balaban J connectivity index is 1.83. The van der Waals surface area contributed by atoms with Crippen molar-refractivity contribution in [3.8, 4) is 0 Å². The zero-order valence-corrected chi connectivity index (χ0v) is 11.2. The van der Waals surface area contributed by atoms with Crippen LogP contribution in [0.3, 0.4) is 0 Å². The van der Waals surface area contributed by atoms with Gasteiger partial charge in [0.15, 0.2) is 0 Å². The molecule has 1 aliphatic heterocycles. The SMILES string of the molecule is C=CCN1CCCC2c3cccc4[nH]cc(c34)C[C@H]21. The van der Waals surface area contributed by atoms with Crippen LogP contribution in [0.1, 0.15) is 29.9 Å². The topological polar surface area (TPSA) is 19.0 Å². The van der Waals surface area contributed by atoms with E-state index in [0.717, 1.165) is 6.54 Å². The van der Waals surface area contributed by atoms with Crippen LogP contribution >= 0.6 is 0 Å². The molecule has 0 bridgehead atoms. The van der Waals surface area contributed by atoms with Crippen molar-refractivity contribution >= 4 is 10.9 Å². The van der Waals surface area contributed by atoms with Gasteiger partial charge in [0.1, 0.15) is 0 Å². The molecular weight excluding hydrogens is 232 g/mol. The van der Waals surface area contributed by atoms with Crippen molar-refractivity contribution < 1.29 is 0 Å². The third kappa shape index (κ3) is 1.59. The number of benzene rings is 1. The van der Waals surface area contributed by atoms with E-state index in [0.29, 0.717) is 12.0 Å². The number of rotatable bonds is 2. The summed E-state index contributed by atoms with van der Waals surface area (Å²) in [6.45, 7) is 6.17. The van der Waals surface area contributed by atoms with E-state index in [9.17, 15) is 0 Å². The number of likely N-dealkylation sites (tertiary alicyclic amines) is 1. The van der Waals surface area contributed by atoms with Crippen LogP contribution in [0.4, 0.5) is 0 Å². The number of aromatic nitrogens is 1. The van der Waals surface area contributed by atoms with Crippen LogP contribution in [0.5, 0.6) is 0 Å². The van der Waals surface area contributed by atoms with Gasteiger partial charge in [-0.15, -0.1) is 6.58 Å². The van der Waals surface area contributed by atoms with Gasteiger partial charge < -0.3 is 4.98 Å². The van der Waals surface area contributed by atoms with E-state index in [4.69, 9.17) is 0 Å². The number of nitrogens with zero attached hydrogens (tertiary/aromatic N) is 1. The summed E-state index contributed by atoms with van der Waals surface area (Å²) in [5.74, 6) is 0.709. The van der Waals surface area contributed by atoms with Gasteiger partial charge in [-0.05, 0) is 43.0 Å². The van der Waals surface area contributed by atoms with Crippen molar-refractivity contribution in [3.63, 3.8) is 0 Å². The van der Waals surface area contributed by atoms with Crippen molar-refractivity contribution in [2.24, 2.45) is 0 Å². The smallest absolute Gasteiger partial charge is 0.0459 e. The molecule has 4 rings (SSSR count). The Morgan fingerprint density at radius 2 is 2.37 bits per heavy atom. The lowest BCUT2D eigenvalue weighted by Crippen LogP contribution is -2.46. The Morgan fingerprint density at radius 3 is 3.26 bits per heavy atom. The fraction of sp³-hybridized carbons (Fsp3) is 0.412. The van der Waals surface area contributed by atoms with E-state index in [2.05, 4.69) is 46.9 Å². The van der Waals surface area contributed by atoms with Crippen molar-refractivity contribution in [1.82, 2.24) is 9.88 Å². The van der Waals surface area contributed by atoms with E-state index in [-0.39, 0.29) is 0 Å². The van der Waals surface area contributed by atoms with Crippen LogP contribution in [0.2, 0.25) is 0 Å². The van der Waals surface area contributed by atoms with Gasteiger partial charge in [0.2, 0.25) is 0 Å². The summed E-state index contributed by atoms with van der Waals surface area (Å²) >= 11 is 0. The number of nitrogens with one attached hydrogen (secondary N) is 1. The quantitative estimate of drug-likeness (QED) is 0.811. The molecule has 0 saturated carbocycles. The van der Waals surface area contributed by atoms with Crippen molar-refractivity contribution in [2.75, 3.05) is 13.1 Å². The molecule has 2 atom stereocenters. The minimum absolute atomic E-state index is 0.667. The van der Waals surface area contributed by atoms with E-state index >= 15 is 0 Å². The minimum Gasteiger partial charge on any atom is -0.361 e. The van der Waals surface area contributed by atoms with Crippen LogP contribution in [0.25, 0.3) is 10.9 Å². The predicted molar refractivity (Wildman–Crippen MR) is 79.5 cm³/mol. The summed E-state index contributed by atoms with van der Waals surface area (Å²) in [6, 6.07) is 7.41. The third-order valence-electron chi connectivity index (χ3n) is 4.91. The summed E-state index contributed by atoms with van der Waals surface area (Å²) in [5.41, 5.74) is 4.38. The number of piperidine rings is 1. The zero-order valence-electron chi connectivity index (χ0n) is 11.2. The highest BCUT2D eigenvalue weighted by atomic mass is 15.2. The summed E-state index contributed by atoms with van der Waals surface area (Å²) in [5, 5.41) is 1.50. The highest BCUT2D eigenvalue weighted by Gasteiger charge is 2.36. The van der Waals surface area contributed by atoms with Gasteiger partial charge in [-0.25, -0.2) is 0 Å².